The number of aliphatic hydroxyl groups excluding tert-OH is 1. The molecule has 0 amide bonds. The highest BCUT2D eigenvalue weighted by molar-refractivity contribution is 5.41. The van der Waals surface area contributed by atoms with Crippen molar-refractivity contribution in [2.45, 2.75) is 6.10 Å². The molecular formula is C14H18N2O3. The first-order valence-electron chi connectivity index (χ1n) is 6.01. The third-order valence-electron chi connectivity index (χ3n) is 2.87. The van der Waals surface area contributed by atoms with E-state index >= 15 is 0 Å². The van der Waals surface area contributed by atoms with Crippen LogP contribution in [0.25, 0.3) is 0 Å². The van der Waals surface area contributed by atoms with Gasteiger partial charge in [0.05, 0.1) is 20.8 Å². The molecule has 1 aromatic carbocycles. The van der Waals surface area contributed by atoms with Crippen molar-refractivity contribution in [1.82, 2.24) is 4.68 Å². The van der Waals surface area contributed by atoms with Crippen LogP contribution in [0.3, 0.4) is 0 Å². The van der Waals surface area contributed by atoms with Crippen LogP contribution in [0.4, 0.5) is 0 Å². The van der Waals surface area contributed by atoms with Crippen molar-refractivity contribution in [2.75, 3.05) is 26.2 Å². The minimum Gasteiger partial charge on any atom is -0.497 e. The molecule has 0 aliphatic heterocycles. The maximum atomic E-state index is 10.2. The minimum absolute atomic E-state index is 0.373. The van der Waals surface area contributed by atoms with Gasteiger partial charge in [0.2, 0.25) is 0 Å². The predicted molar refractivity (Wildman–Crippen MR) is 73.2 cm³/mol. The van der Waals surface area contributed by atoms with E-state index in [1.54, 1.807) is 37.1 Å². The van der Waals surface area contributed by atoms with Crippen LogP contribution in [-0.2, 0) is 0 Å². The summed E-state index contributed by atoms with van der Waals surface area (Å²) in [6.45, 7) is 0.373. The summed E-state index contributed by atoms with van der Waals surface area (Å²) in [5.41, 5.74) is 3.78. The van der Waals surface area contributed by atoms with Crippen molar-refractivity contribution >= 4 is 0 Å². The van der Waals surface area contributed by atoms with Gasteiger partial charge < -0.3 is 20.0 Å². The Bertz CT molecular complexity index is 511. The first kappa shape index (κ1) is 13.3. The second-order valence-corrected chi connectivity index (χ2v) is 4.08. The Balaban J connectivity index is 2.10. The molecule has 0 bridgehead atoms. The third kappa shape index (κ3) is 3.20. The summed E-state index contributed by atoms with van der Waals surface area (Å²) in [7, 11) is 3.17. The SMILES string of the molecule is COc1ccc(OC)c(C(O)CNn2cccc2)c1. The molecule has 0 radical (unpaired) electrons. The van der Waals surface area contributed by atoms with E-state index in [4.69, 9.17) is 9.47 Å². The Morgan fingerprint density at radius 1 is 1.21 bits per heavy atom. The molecule has 1 aromatic heterocycles. The van der Waals surface area contributed by atoms with Gasteiger partial charge in [0.25, 0.3) is 0 Å². The fourth-order valence-corrected chi connectivity index (χ4v) is 1.84. The van der Waals surface area contributed by atoms with Crippen LogP contribution in [0.2, 0.25) is 0 Å². The van der Waals surface area contributed by atoms with Gasteiger partial charge in [-0.2, -0.15) is 0 Å². The van der Waals surface area contributed by atoms with E-state index in [1.165, 1.54) is 0 Å². The van der Waals surface area contributed by atoms with Crippen molar-refractivity contribution in [2.24, 2.45) is 0 Å². The van der Waals surface area contributed by atoms with E-state index in [0.717, 1.165) is 0 Å². The molecule has 0 saturated carbocycles. The number of rotatable bonds is 6. The number of nitrogens with one attached hydrogen (secondary N) is 1. The second kappa shape index (κ2) is 6.15. The molecule has 0 fully saturated rings. The van der Waals surface area contributed by atoms with E-state index in [0.29, 0.717) is 23.6 Å². The van der Waals surface area contributed by atoms with Crippen molar-refractivity contribution in [3.63, 3.8) is 0 Å². The Morgan fingerprint density at radius 3 is 2.58 bits per heavy atom. The van der Waals surface area contributed by atoms with Crippen LogP contribution < -0.4 is 14.9 Å². The lowest BCUT2D eigenvalue weighted by Crippen LogP contribution is -2.20. The molecule has 1 heterocycles. The number of nitrogens with zero attached hydrogens (tertiary/aromatic N) is 1. The standard InChI is InChI=1S/C14H18N2O3/c1-18-11-5-6-14(19-2)12(9-11)13(17)10-15-16-7-3-4-8-16/h3-9,13,15,17H,10H2,1-2H3. The van der Waals surface area contributed by atoms with Gasteiger partial charge in [0, 0.05) is 18.0 Å². The fourth-order valence-electron chi connectivity index (χ4n) is 1.84. The molecule has 1 atom stereocenters. The van der Waals surface area contributed by atoms with Crippen LogP contribution in [0.5, 0.6) is 11.5 Å². The van der Waals surface area contributed by atoms with E-state index in [1.807, 2.05) is 24.5 Å². The monoisotopic (exact) mass is 262 g/mol. The number of hydrogen-bond donors (Lipinski definition) is 2. The molecule has 19 heavy (non-hydrogen) atoms. The van der Waals surface area contributed by atoms with Gasteiger partial charge in [-0.25, -0.2) is 0 Å². The van der Waals surface area contributed by atoms with Gasteiger partial charge in [0.1, 0.15) is 17.6 Å². The number of hydrogen-bond acceptors (Lipinski definition) is 4. The smallest absolute Gasteiger partial charge is 0.125 e. The zero-order valence-electron chi connectivity index (χ0n) is 11.0. The zero-order chi connectivity index (χ0) is 13.7. The maximum Gasteiger partial charge on any atom is 0.125 e. The molecule has 2 N–H and O–H groups in total. The Kier molecular flexibility index (Phi) is 4.30. The van der Waals surface area contributed by atoms with Crippen molar-refractivity contribution < 1.29 is 14.6 Å². The largest absolute Gasteiger partial charge is 0.497 e. The number of aliphatic hydroxyl groups is 1. The quantitative estimate of drug-likeness (QED) is 0.833. The van der Waals surface area contributed by atoms with Crippen LogP contribution in [-0.4, -0.2) is 30.5 Å². The van der Waals surface area contributed by atoms with Gasteiger partial charge in [0.15, 0.2) is 0 Å². The highest BCUT2D eigenvalue weighted by atomic mass is 16.5. The maximum absolute atomic E-state index is 10.2. The van der Waals surface area contributed by atoms with Crippen LogP contribution in [0, 0.1) is 0 Å². The third-order valence-corrected chi connectivity index (χ3v) is 2.87. The number of aromatic nitrogens is 1. The van der Waals surface area contributed by atoms with Gasteiger partial charge in [-0.05, 0) is 30.3 Å². The number of benzene rings is 1. The molecule has 1 unspecified atom stereocenters. The summed E-state index contributed by atoms with van der Waals surface area (Å²) >= 11 is 0. The average Bonchev–Trinajstić information content (AvgIpc) is 2.97. The van der Waals surface area contributed by atoms with Crippen molar-refractivity contribution in [1.29, 1.82) is 0 Å². The van der Waals surface area contributed by atoms with Crippen molar-refractivity contribution in [3.8, 4) is 11.5 Å². The average molecular weight is 262 g/mol. The first-order valence-corrected chi connectivity index (χ1v) is 6.01. The lowest BCUT2D eigenvalue weighted by molar-refractivity contribution is 0.183. The van der Waals surface area contributed by atoms with Crippen LogP contribution >= 0.6 is 0 Å². The van der Waals surface area contributed by atoms with Gasteiger partial charge in [-0.15, -0.1) is 0 Å². The van der Waals surface area contributed by atoms with Gasteiger partial charge in [-0.1, -0.05) is 0 Å². The van der Waals surface area contributed by atoms with Crippen molar-refractivity contribution in [3.05, 3.63) is 48.3 Å². The minimum atomic E-state index is -0.688. The predicted octanol–water partition coefficient (Wildman–Crippen LogP) is 1.78. The van der Waals surface area contributed by atoms with Gasteiger partial charge >= 0.3 is 0 Å². The Labute approximate surface area is 112 Å². The summed E-state index contributed by atoms with van der Waals surface area (Å²) in [4.78, 5) is 0. The summed E-state index contributed by atoms with van der Waals surface area (Å²) in [6, 6.07) is 9.18. The van der Waals surface area contributed by atoms with Gasteiger partial charge in [-0.3, -0.25) is 4.68 Å². The summed E-state index contributed by atoms with van der Waals surface area (Å²) in [5.74, 6) is 1.33. The molecule has 5 heteroatoms. The Morgan fingerprint density at radius 2 is 1.95 bits per heavy atom. The number of ether oxygens (including phenoxy) is 2. The Hall–Kier alpha value is -2.14. The molecule has 0 spiro atoms. The van der Waals surface area contributed by atoms with E-state index in [2.05, 4.69) is 5.43 Å². The lowest BCUT2D eigenvalue weighted by Gasteiger charge is -2.17. The molecule has 2 rings (SSSR count). The molecule has 0 saturated heterocycles. The second-order valence-electron chi connectivity index (χ2n) is 4.08. The number of methoxy groups -OCH3 is 2. The summed E-state index contributed by atoms with van der Waals surface area (Å²) in [6.07, 6.45) is 3.05. The molecule has 0 aliphatic rings. The highest BCUT2D eigenvalue weighted by Gasteiger charge is 2.14. The summed E-state index contributed by atoms with van der Waals surface area (Å²) < 4.78 is 12.2. The highest BCUT2D eigenvalue weighted by Crippen LogP contribution is 2.29. The van der Waals surface area contributed by atoms with E-state index < -0.39 is 6.10 Å². The molecule has 0 aliphatic carbocycles. The molecule has 102 valence electrons. The van der Waals surface area contributed by atoms with Crippen LogP contribution in [0.15, 0.2) is 42.7 Å². The van der Waals surface area contributed by atoms with E-state index in [-0.39, 0.29) is 0 Å². The zero-order valence-corrected chi connectivity index (χ0v) is 11.0. The first-order chi connectivity index (χ1) is 9.24. The molecule has 2 aromatic rings. The summed E-state index contributed by atoms with van der Waals surface area (Å²) in [5, 5.41) is 10.2. The van der Waals surface area contributed by atoms with E-state index in [9.17, 15) is 5.11 Å². The normalized spacial score (nSPS) is 11.9. The lowest BCUT2D eigenvalue weighted by atomic mass is 10.1. The molecular weight excluding hydrogens is 244 g/mol. The van der Waals surface area contributed by atoms with Crippen LogP contribution in [0.1, 0.15) is 11.7 Å². The topological polar surface area (TPSA) is 55.6 Å². The fraction of sp³-hybridized carbons (Fsp3) is 0.286. The molecule has 5 nitrogen and oxygen atoms in total.